The Balaban J connectivity index is 0.00000176. The maximum Gasteiger partial charge on any atom is 0.408 e. The lowest BCUT2D eigenvalue weighted by molar-refractivity contribution is 0.106. The SMILES string of the molecule is C=C(Nc1ccccc1O)c1ccc(CNC(=O)OC(C)c2ccc(Cl)cc2)cc1.CC. The van der Waals surface area contributed by atoms with Gasteiger partial charge in [0.05, 0.1) is 5.69 Å². The van der Waals surface area contributed by atoms with Gasteiger partial charge in [-0.05, 0) is 47.9 Å². The molecule has 32 heavy (non-hydrogen) atoms. The van der Waals surface area contributed by atoms with E-state index >= 15 is 0 Å². The van der Waals surface area contributed by atoms with Crippen molar-refractivity contribution in [3.05, 3.63) is 101 Å². The second-order valence-electron chi connectivity index (χ2n) is 6.77. The molecule has 0 bridgehead atoms. The van der Waals surface area contributed by atoms with Crippen molar-refractivity contribution in [2.45, 2.75) is 33.4 Å². The first-order valence-electron chi connectivity index (χ1n) is 10.5. The van der Waals surface area contributed by atoms with Crippen molar-refractivity contribution >= 4 is 29.1 Å². The zero-order chi connectivity index (χ0) is 23.5. The van der Waals surface area contributed by atoms with Gasteiger partial charge in [0.25, 0.3) is 0 Å². The molecule has 0 spiro atoms. The first kappa shape index (κ1) is 24.8. The molecule has 3 aromatic carbocycles. The van der Waals surface area contributed by atoms with Gasteiger partial charge >= 0.3 is 6.09 Å². The predicted molar refractivity (Wildman–Crippen MR) is 132 cm³/mol. The Morgan fingerprint density at radius 3 is 2.28 bits per heavy atom. The van der Waals surface area contributed by atoms with Crippen LogP contribution in [0.25, 0.3) is 5.70 Å². The van der Waals surface area contributed by atoms with Crippen molar-refractivity contribution in [2.24, 2.45) is 0 Å². The number of amides is 1. The molecule has 0 aliphatic rings. The van der Waals surface area contributed by atoms with Gasteiger partial charge < -0.3 is 20.5 Å². The Hall–Kier alpha value is -3.44. The molecule has 0 radical (unpaired) electrons. The van der Waals surface area contributed by atoms with Gasteiger partial charge in [0, 0.05) is 17.3 Å². The van der Waals surface area contributed by atoms with Crippen LogP contribution < -0.4 is 10.6 Å². The molecule has 0 saturated heterocycles. The minimum absolute atomic E-state index is 0.158. The van der Waals surface area contributed by atoms with Gasteiger partial charge in [0.1, 0.15) is 11.9 Å². The molecule has 0 aliphatic heterocycles. The molecular formula is C26H29ClN2O3. The van der Waals surface area contributed by atoms with Crippen LogP contribution in [0.4, 0.5) is 10.5 Å². The Bertz CT molecular complexity index is 1020. The quantitative estimate of drug-likeness (QED) is 0.333. The molecule has 3 N–H and O–H groups in total. The van der Waals surface area contributed by atoms with Crippen molar-refractivity contribution in [3.63, 3.8) is 0 Å². The summed E-state index contributed by atoms with van der Waals surface area (Å²) in [7, 11) is 0. The maximum absolute atomic E-state index is 12.1. The molecular weight excluding hydrogens is 424 g/mol. The van der Waals surface area contributed by atoms with Crippen LogP contribution in [0.1, 0.15) is 43.6 Å². The Kier molecular flexibility index (Phi) is 9.64. The van der Waals surface area contributed by atoms with Gasteiger partial charge in [0.2, 0.25) is 0 Å². The summed E-state index contributed by atoms with van der Waals surface area (Å²) >= 11 is 5.88. The second-order valence-corrected chi connectivity index (χ2v) is 7.21. The Labute approximate surface area is 194 Å². The lowest BCUT2D eigenvalue weighted by Gasteiger charge is -2.15. The van der Waals surface area contributed by atoms with Crippen LogP contribution in [-0.2, 0) is 11.3 Å². The highest BCUT2D eigenvalue weighted by Gasteiger charge is 2.11. The van der Waals surface area contributed by atoms with Gasteiger partial charge in [-0.1, -0.05) is 80.6 Å². The van der Waals surface area contributed by atoms with E-state index in [-0.39, 0.29) is 11.9 Å². The van der Waals surface area contributed by atoms with Crippen molar-refractivity contribution in [1.82, 2.24) is 5.32 Å². The van der Waals surface area contributed by atoms with Gasteiger partial charge in [-0.2, -0.15) is 0 Å². The lowest BCUT2D eigenvalue weighted by atomic mass is 10.1. The number of aromatic hydroxyl groups is 1. The normalized spacial score (nSPS) is 10.9. The molecule has 1 amide bonds. The summed E-state index contributed by atoms with van der Waals surface area (Å²) in [5, 5.41) is 16.3. The summed E-state index contributed by atoms with van der Waals surface area (Å²) in [4.78, 5) is 12.1. The summed E-state index contributed by atoms with van der Waals surface area (Å²) in [6.45, 7) is 10.2. The number of ether oxygens (including phenoxy) is 1. The standard InChI is InChI=1S/C24H23ClN2O3.C2H6/c1-16(27-22-5-3-4-6-23(22)28)19-9-7-18(8-10-19)15-26-24(29)30-17(2)20-11-13-21(25)14-12-20;1-2/h3-14,17,27-28H,1,15H2,2H3,(H,26,29);1-2H3. The van der Waals surface area contributed by atoms with Crippen LogP contribution in [0.3, 0.4) is 0 Å². The average Bonchev–Trinajstić information content (AvgIpc) is 2.81. The van der Waals surface area contributed by atoms with Crippen molar-refractivity contribution in [3.8, 4) is 5.75 Å². The van der Waals surface area contributed by atoms with Gasteiger partial charge in [0.15, 0.2) is 0 Å². The van der Waals surface area contributed by atoms with Crippen LogP contribution in [0.15, 0.2) is 79.4 Å². The third-order valence-electron chi connectivity index (χ3n) is 4.55. The van der Waals surface area contributed by atoms with Crippen molar-refractivity contribution in [2.75, 3.05) is 5.32 Å². The Morgan fingerprint density at radius 2 is 1.66 bits per heavy atom. The molecule has 1 atom stereocenters. The molecule has 5 nitrogen and oxygen atoms in total. The van der Waals surface area contributed by atoms with Crippen LogP contribution in [-0.4, -0.2) is 11.2 Å². The fourth-order valence-corrected chi connectivity index (χ4v) is 2.94. The van der Waals surface area contributed by atoms with E-state index < -0.39 is 6.09 Å². The first-order valence-corrected chi connectivity index (χ1v) is 10.8. The van der Waals surface area contributed by atoms with Crippen molar-refractivity contribution < 1.29 is 14.6 Å². The van der Waals surface area contributed by atoms with Gasteiger partial charge in [-0.15, -0.1) is 0 Å². The number of nitrogens with one attached hydrogen (secondary N) is 2. The number of hydrogen-bond acceptors (Lipinski definition) is 4. The number of halogens is 1. The first-order chi connectivity index (χ1) is 15.4. The number of rotatable bonds is 7. The molecule has 3 rings (SSSR count). The molecule has 6 heteroatoms. The predicted octanol–water partition coefficient (Wildman–Crippen LogP) is 7.14. The third kappa shape index (κ3) is 7.36. The zero-order valence-corrected chi connectivity index (χ0v) is 19.3. The summed E-state index contributed by atoms with van der Waals surface area (Å²) in [6.07, 6.45) is -0.874. The molecule has 0 aliphatic carbocycles. The summed E-state index contributed by atoms with van der Waals surface area (Å²) < 4.78 is 5.40. The fourth-order valence-electron chi connectivity index (χ4n) is 2.82. The smallest absolute Gasteiger partial charge is 0.408 e. The van der Waals surface area contributed by atoms with E-state index in [2.05, 4.69) is 17.2 Å². The van der Waals surface area contributed by atoms with E-state index in [1.54, 1.807) is 37.3 Å². The van der Waals surface area contributed by atoms with Gasteiger partial charge in [-0.3, -0.25) is 0 Å². The molecule has 0 heterocycles. The maximum atomic E-state index is 12.1. The van der Waals surface area contributed by atoms with E-state index in [1.807, 2.05) is 56.3 Å². The minimum Gasteiger partial charge on any atom is -0.506 e. The average molecular weight is 453 g/mol. The fraction of sp³-hybridized carbons (Fsp3) is 0.192. The number of alkyl carbamates (subject to hydrolysis) is 1. The van der Waals surface area contributed by atoms with Crippen LogP contribution in [0, 0.1) is 0 Å². The van der Waals surface area contributed by atoms with E-state index in [1.165, 1.54) is 0 Å². The topological polar surface area (TPSA) is 70.6 Å². The van der Waals surface area contributed by atoms with Crippen LogP contribution >= 0.6 is 11.6 Å². The molecule has 168 valence electrons. The number of carbonyl (C=O) groups excluding carboxylic acids is 1. The largest absolute Gasteiger partial charge is 0.506 e. The highest BCUT2D eigenvalue weighted by molar-refractivity contribution is 6.30. The number of phenols is 1. The second kappa shape index (κ2) is 12.4. The molecule has 1 unspecified atom stereocenters. The van der Waals surface area contributed by atoms with Crippen LogP contribution in [0.2, 0.25) is 5.02 Å². The van der Waals surface area contributed by atoms with E-state index in [0.29, 0.717) is 23.0 Å². The minimum atomic E-state index is -0.493. The summed E-state index contributed by atoms with van der Waals surface area (Å²) in [5.41, 5.74) is 3.92. The molecule has 0 saturated carbocycles. The molecule has 3 aromatic rings. The van der Waals surface area contributed by atoms with Crippen LogP contribution in [0.5, 0.6) is 5.75 Å². The zero-order valence-electron chi connectivity index (χ0n) is 18.6. The number of benzene rings is 3. The number of hydrogen-bond donors (Lipinski definition) is 3. The molecule has 0 aromatic heterocycles. The van der Waals surface area contributed by atoms with E-state index in [4.69, 9.17) is 16.3 Å². The highest BCUT2D eigenvalue weighted by atomic mass is 35.5. The number of anilines is 1. The third-order valence-corrected chi connectivity index (χ3v) is 4.80. The molecule has 0 fully saturated rings. The van der Waals surface area contributed by atoms with E-state index in [0.717, 1.165) is 16.7 Å². The number of carbonyl (C=O) groups is 1. The van der Waals surface area contributed by atoms with E-state index in [9.17, 15) is 9.90 Å². The monoisotopic (exact) mass is 452 g/mol. The van der Waals surface area contributed by atoms with Gasteiger partial charge in [-0.25, -0.2) is 4.79 Å². The summed E-state index contributed by atoms with van der Waals surface area (Å²) in [6, 6.07) is 21.7. The lowest BCUT2D eigenvalue weighted by Crippen LogP contribution is -2.24. The van der Waals surface area contributed by atoms with Crippen molar-refractivity contribution in [1.29, 1.82) is 0 Å². The number of para-hydroxylation sites is 2. The number of phenolic OH excluding ortho intramolecular Hbond substituents is 1. The Morgan fingerprint density at radius 1 is 1.03 bits per heavy atom. The summed E-state index contributed by atoms with van der Waals surface area (Å²) in [5.74, 6) is 0.158. The highest BCUT2D eigenvalue weighted by Crippen LogP contribution is 2.25.